The lowest BCUT2D eigenvalue weighted by Crippen LogP contribution is -2.49. The van der Waals surface area contributed by atoms with E-state index in [1.165, 1.54) is 0 Å². The lowest BCUT2D eigenvalue weighted by molar-refractivity contribution is -0.141. The van der Waals surface area contributed by atoms with Crippen LogP contribution in [0.2, 0.25) is 10.0 Å². The van der Waals surface area contributed by atoms with Gasteiger partial charge in [0.1, 0.15) is 6.04 Å². The third-order valence-electron chi connectivity index (χ3n) is 5.64. The summed E-state index contributed by atoms with van der Waals surface area (Å²) in [4.78, 5) is 28.0. The van der Waals surface area contributed by atoms with Crippen LogP contribution in [0.4, 0.5) is 0 Å². The van der Waals surface area contributed by atoms with Gasteiger partial charge in [0.05, 0.1) is 0 Å². The van der Waals surface area contributed by atoms with Gasteiger partial charge in [-0.2, -0.15) is 0 Å². The van der Waals surface area contributed by atoms with Crippen molar-refractivity contribution in [2.45, 2.75) is 58.5 Å². The summed E-state index contributed by atoms with van der Waals surface area (Å²) in [6, 6.07) is 10.3. The number of aryl methyl sites for hydroxylation is 1. The Morgan fingerprint density at radius 3 is 2.61 bits per heavy atom. The second-order valence-corrected chi connectivity index (χ2v) is 8.86. The Hall–Kier alpha value is -2.44. The fraction of sp³-hybridized carbons (Fsp3) is 0.440. The Balaban J connectivity index is 1.76. The molecule has 0 saturated carbocycles. The average Bonchev–Trinajstić information content (AvgIpc) is 3.27. The molecule has 0 saturated heterocycles. The molecule has 0 unspecified atom stereocenters. The first-order chi connectivity index (χ1) is 15.9. The SMILES string of the molecule is CCCCNC(=O)[C@H](CC)N(Cc1ccc(Cl)cc1Cl)C(=O)CCc1ccc2c(c1)OCO2. The van der Waals surface area contributed by atoms with Crippen LogP contribution in [0.25, 0.3) is 0 Å². The maximum absolute atomic E-state index is 13.4. The molecule has 1 aliphatic heterocycles. The summed E-state index contributed by atoms with van der Waals surface area (Å²) in [6.45, 7) is 5.00. The quantitative estimate of drug-likeness (QED) is 0.427. The smallest absolute Gasteiger partial charge is 0.242 e. The summed E-state index contributed by atoms with van der Waals surface area (Å²) in [6.07, 6.45) is 3.15. The minimum absolute atomic E-state index is 0.115. The van der Waals surface area contributed by atoms with Gasteiger partial charge < -0.3 is 19.7 Å². The van der Waals surface area contributed by atoms with Crippen molar-refractivity contribution in [1.29, 1.82) is 0 Å². The number of amides is 2. The molecule has 3 rings (SSSR count). The van der Waals surface area contributed by atoms with Gasteiger partial charge in [0.2, 0.25) is 18.6 Å². The molecular weight excluding hydrogens is 463 g/mol. The molecule has 178 valence electrons. The summed E-state index contributed by atoms with van der Waals surface area (Å²) in [7, 11) is 0. The largest absolute Gasteiger partial charge is 0.454 e. The molecule has 0 bridgehead atoms. The second kappa shape index (κ2) is 12.1. The second-order valence-electron chi connectivity index (χ2n) is 8.01. The first-order valence-electron chi connectivity index (χ1n) is 11.3. The molecule has 0 fully saturated rings. The number of benzene rings is 2. The number of rotatable bonds is 11. The highest BCUT2D eigenvalue weighted by molar-refractivity contribution is 6.35. The molecule has 1 heterocycles. The molecule has 0 radical (unpaired) electrons. The average molecular weight is 493 g/mol. The Kier molecular flexibility index (Phi) is 9.27. The van der Waals surface area contributed by atoms with Gasteiger partial charge in [-0.1, -0.05) is 55.6 Å². The predicted molar refractivity (Wildman–Crippen MR) is 130 cm³/mol. The number of nitrogens with one attached hydrogen (secondary N) is 1. The van der Waals surface area contributed by atoms with Gasteiger partial charge in [0, 0.05) is 29.6 Å². The van der Waals surface area contributed by atoms with Crippen LogP contribution in [-0.4, -0.2) is 36.1 Å². The summed E-state index contributed by atoms with van der Waals surface area (Å²) < 4.78 is 10.8. The van der Waals surface area contributed by atoms with Gasteiger partial charge in [-0.05, 0) is 54.7 Å². The summed E-state index contributed by atoms with van der Waals surface area (Å²) in [5.41, 5.74) is 1.72. The van der Waals surface area contributed by atoms with Crippen LogP contribution in [0.1, 0.15) is 50.7 Å². The van der Waals surface area contributed by atoms with Gasteiger partial charge in [-0.15, -0.1) is 0 Å². The van der Waals surface area contributed by atoms with Crippen LogP contribution in [0.15, 0.2) is 36.4 Å². The minimum Gasteiger partial charge on any atom is -0.454 e. The molecule has 1 N–H and O–H groups in total. The number of ether oxygens (including phenoxy) is 2. The Morgan fingerprint density at radius 2 is 1.88 bits per heavy atom. The zero-order valence-corrected chi connectivity index (χ0v) is 20.5. The fourth-order valence-electron chi connectivity index (χ4n) is 3.75. The number of nitrogens with zero attached hydrogens (tertiary/aromatic N) is 1. The normalized spacial score (nSPS) is 13.0. The third-order valence-corrected chi connectivity index (χ3v) is 6.22. The number of halogens is 2. The van der Waals surface area contributed by atoms with E-state index in [2.05, 4.69) is 12.2 Å². The number of hydrogen-bond acceptors (Lipinski definition) is 4. The summed E-state index contributed by atoms with van der Waals surface area (Å²) >= 11 is 12.4. The van der Waals surface area contributed by atoms with Gasteiger partial charge in [-0.3, -0.25) is 9.59 Å². The monoisotopic (exact) mass is 492 g/mol. The van der Waals surface area contributed by atoms with Crippen LogP contribution < -0.4 is 14.8 Å². The van der Waals surface area contributed by atoms with E-state index in [4.69, 9.17) is 32.7 Å². The van der Waals surface area contributed by atoms with Crippen LogP contribution in [0.3, 0.4) is 0 Å². The van der Waals surface area contributed by atoms with Crippen LogP contribution in [-0.2, 0) is 22.6 Å². The molecule has 0 aromatic heterocycles. The molecule has 1 aliphatic rings. The zero-order chi connectivity index (χ0) is 23.8. The Morgan fingerprint density at radius 1 is 1.09 bits per heavy atom. The third kappa shape index (κ3) is 6.78. The number of unbranched alkanes of at least 4 members (excludes halogenated alkanes) is 1. The van der Waals surface area contributed by atoms with Gasteiger partial charge in [0.25, 0.3) is 0 Å². The first kappa shape index (κ1) is 25.2. The number of carbonyl (C=O) groups is 2. The fourth-order valence-corrected chi connectivity index (χ4v) is 4.22. The molecule has 1 atom stereocenters. The minimum atomic E-state index is -0.585. The maximum atomic E-state index is 13.4. The molecule has 6 nitrogen and oxygen atoms in total. The van der Waals surface area contributed by atoms with E-state index < -0.39 is 6.04 Å². The Bertz CT molecular complexity index is 983. The molecule has 2 aromatic rings. The van der Waals surface area contributed by atoms with E-state index in [0.717, 1.165) is 24.0 Å². The molecular formula is C25H30Cl2N2O4. The predicted octanol–water partition coefficient (Wildman–Crippen LogP) is 5.38. The van der Waals surface area contributed by atoms with Gasteiger partial charge >= 0.3 is 0 Å². The summed E-state index contributed by atoms with van der Waals surface area (Å²) in [5.74, 6) is 1.13. The molecule has 0 aliphatic carbocycles. The number of fused-ring (bicyclic) bond motifs is 1. The van der Waals surface area contributed by atoms with Gasteiger partial charge in [-0.25, -0.2) is 0 Å². The van der Waals surface area contributed by atoms with E-state index in [0.29, 0.717) is 40.9 Å². The van der Waals surface area contributed by atoms with Crippen LogP contribution >= 0.6 is 23.2 Å². The van der Waals surface area contributed by atoms with E-state index in [1.54, 1.807) is 23.1 Å². The lowest BCUT2D eigenvalue weighted by atomic mass is 10.1. The van der Waals surface area contributed by atoms with E-state index in [9.17, 15) is 9.59 Å². The zero-order valence-electron chi connectivity index (χ0n) is 19.0. The topological polar surface area (TPSA) is 67.9 Å². The van der Waals surface area contributed by atoms with Crippen molar-refractivity contribution in [3.63, 3.8) is 0 Å². The highest BCUT2D eigenvalue weighted by Gasteiger charge is 2.29. The van der Waals surface area contributed by atoms with E-state index >= 15 is 0 Å². The molecule has 0 spiro atoms. The van der Waals surface area contributed by atoms with Crippen LogP contribution in [0.5, 0.6) is 11.5 Å². The standard InChI is InChI=1S/C25H30Cl2N2O4/c1-3-5-12-28-25(31)21(4-2)29(15-18-8-9-19(26)14-20(18)27)24(30)11-7-17-6-10-22-23(13-17)33-16-32-22/h6,8-10,13-14,21H,3-5,7,11-12,15-16H2,1-2H3,(H,28,31)/t21-/m0/s1. The summed E-state index contributed by atoms with van der Waals surface area (Å²) in [5, 5.41) is 3.96. The Labute approximate surface area is 205 Å². The van der Waals surface area contributed by atoms with Crippen molar-refractivity contribution in [1.82, 2.24) is 10.2 Å². The van der Waals surface area contributed by atoms with E-state index in [-0.39, 0.29) is 31.6 Å². The lowest BCUT2D eigenvalue weighted by Gasteiger charge is -2.31. The molecule has 33 heavy (non-hydrogen) atoms. The maximum Gasteiger partial charge on any atom is 0.242 e. The van der Waals surface area contributed by atoms with Crippen molar-refractivity contribution in [3.8, 4) is 11.5 Å². The molecule has 2 amide bonds. The van der Waals surface area contributed by atoms with Crippen molar-refractivity contribution < 1.29 is 19.1 Å². The number of carbonyl (C=O) groups excluding carboxylic acids is 2. The van der Waals surface area contributed by atoms with Crippen LogP contribution in [0, 0.1) is 0 Å². The van der Waals surface area contributed by atoms with Crippen molar-refractivity contribution >= 4 is 35.0 Å². The first-order valence-corrected chi connectivity index (χ1v) is 12.1. The van der Waals surface area contributed by atoms with Crippen molar-refractivity contribution in [2.24, 2.45) is 0 Å². The molecule has 2 aromatic carbocycles. The number of hydrogen-bond donors (Lipinski definition) is 1. The van der Waals surface area contributed by atoms with E-state index in [1.807, 2.05) is 25.1 Å². The van der Waals surface area contributed by atoms with Crippen molar-refractivity contribution in [2.75, 3.05) is 13.3 Å². The highest BCUT2D eigenvalue weighted by atomic mass is 35.5. The highest BCUT2D eigenvalue weighted by Crippen LogP contribution is 2.33. The van der Waals surface area contributed by atoms with Gasteiger partial charge in [0.15, 0.2) is 11.5 Å². The van der Waals surface area contributed by atoms with Crippen molar-refractivity contribution in [3.05, 3.63) is 57.6 Å². The molecule has 8 heteroatoms.